The molecule has 0 N–H and O–H groups in total. The summed E-state index contributed by atoms with van der Waals surface area (Å²) < 4.78 is 17.0. The van der Waals surface area contributed by atoms with Crippen LogP contribution < -0.4 is 9.47 Å². The van der Waals surface area contributed by atoms with Crippen molar-refractivity contribution in [2.75, 3.05) is 6.61 Å². The molecule has 1 aliphatic heterocycles. The highest BCUT2D eigenvalue weighted by atomic mass is 16.6. The Bertz CT molecular complexity index is 861. The zero-order valence-corrected chi connectivity index (χ0v) is 14.2. The summed E-state index contributed by atoms with van der Waals surface area (Å²) in [6.45, 7) is 1.05. The molecule has 0 saturated carbocycles. The van der Waals surface area contributed by atoms with E-state index in [0.717, 1.165) is 11.3 Å². The molecule has 0 spiro atoms. The largest absolute Gasteiger partial charge is 0.485 e. The normalized spacial score (nSPS) is 15.5. The van der Waals surface area contributed by atoms with Crippen LogP contribution in [-0.2, 0) is 17.9 Å². The van der Waals surface area contributed by atoms with Gasteiger partial charge in [-0.1, -0.05) is 42.5 Å². The summed E-state index contributed by atoms with van der Waals surface area (Å²) >= 11 is 0. The predicted molar refractivity (Wildman–Crippen MR) is 95.8 cm³/mol. The summed E-state index contributed by atoms with van der Waals surface area (Å²) in [5.41, 5.74) is 1.05. The first-order valence-corrected chi connectivity index (χ1v) is 8.53. The average Bonchev–Trinajstić information content (AvgIpc) is 3.20. The van der Waals surface area contributed by atoms with Crippen molar-refractivity contribution in [3.8, 4) is 11.5 Å². The number of fused-ring (bicyclic) bond motifs is 1. The quantitative estimate of drug-likeness (QED) is 0.706. The van der Waals surface area contributed by atoms with Crippen LogP contribution in [-0.4, -0.2) is 23.5 Å². The van der Waals surface area contributed by atoms with Crippen molar-refractivity contribution in [2.45, 2.75) is 19.2 Å². The van der Waals surface area contributed by atoms with Crippen LogP contribution in [0.2, 0.25) is 0 Å². The molecule has 0 bridgehead atoms. The zero-order valence-electron chi connectivity index (χ0n) is 14.2. The van der Waals surface area contributed by atoms with Gasteiger partial charge in [0.1, 0.15) is 12.4 Å². The maximum atomic E-state index is 13.1. The smallest absolute Gasteiger partial charge is 0.267 e. The molecule has 26 heavy (non-hydrogen) atoms. The van der Waals surface area contributed by atoms with Crippen molar-refractivity contribution in [3.63, 3.8) is 0 Å². The highest BCUT2D eigenvalue weighted by molar-refractivity contribution is 5.82. The summed E-state index contributed by atoms with van der Waals surface area (Å²) in [5, 5.41) is 0. The Morgan fingerprint density at radius 2 is 1.69 bits per heavy atom. The first-order chi connectivity index (χ1) is 12.8. The highest BCUT2D eigenvalue weighted by Gasteiger charge is 2.31. The first-order valence-electron chi connectivity index (χ1n) is 8.53. The maximum absolute atomic E-state index is 13.1. The van der Waals surface area contributed by atoms with Crippen LogP contribution in [0.15, 0.2) is 77.4 Å². The van der Waals surface area contributed by atoms with Crippen molar-refractivity contribution in [1.29, 1.82) is 0 Å². The number of hydrogen-bond donors (Lipinski definition) is 0. The van der Waals surface area contributed by atoms with Gasteiger partial charge in [-0.3, -0.25) is 4.79 Å². The number of amides is 1. The summed E-state index contributed by atoms with van der Waals surface area (Å²) in [4.78, 5) is 14.9. The van der Waals surface area contributed by atoms with E-state index in [2.05, 4.69) is 0 Å². The van der Waals surface area contributed by atoms with E-state index in [1.165, 1.54) is 0 Å². The van der Waals surface area contributed by atoms with Crippen molar-refractivity contribution < 1.29 is 18.7 Å². The second kappa shape index (κ2) is 7.35. The molecule has 1 amide bonds. The molecular weight excluding hydrogens is 330 g/mol. The van der Waals surface area contributed by atoms with Gasteiger partial charge in [0.25, 0.3) is 5.91 Å². The summed E-state index contributed by atoms with van der Waals surface area (Å²) in [6, 6.07) is 20.9. The number of nitrogens with zero attached hydrogens (tertiary/aromatic N) is 1. The molecule has 3 aromatic rings. The lowest BCUT2D eigenvalue weighted by Crippen LogP contribution is -2.45. The predicted octanol–water partition coefficient (Wildman–Crippen LogP) is 3.65. The zero-order chi connectivity index (χ0) is 17.8. The van der Waals surface area contributed by atoms with Crippen LogP contribution in [0.5, 0.6) is 11.5 Å². The third-order valence-corrected chi connectivity index (χ3v) is 4.24. The SMILES string of the molecule is O=C([C@@H]1COc2ccccc2O1)N(Cc1ccccc1)Cc1ccco1. The Labute approximate surface area is 151 Å². The lowest BCUT2D eigenvalue weighted by molar-refractivity contribution is -0.142. The standard InChI is InChI=1S/C21H19NO4/c23-21(20-15-25-18-10-4-5-11-19(18)26-20)22(14-17-9-6-12-24-17)13-16-7-2-1-3-8-16/h1-12,20H,13-15H2/t20-/m0/s1. The number of hydrogen-bond acceptors (Lipinski definition) is 4. The Morgan fingerprint density at radius 3 is 2.46 bits per heavy atom. The van der Waals surface area contributed by atoms with Crippen LogP contribution >= 0.6 is 0 Å². The van der Waals surface area contributed by atoms with Gasteiger partial charge in [-0.2, -0.15) is 0 Å². The molecule has 0 radical (unpaired) electrons. The van der Waals surface area contributed by atoms with E-state index >= 15 is 0 Å². The Hall–Kier alpha value is -3.21. The van der Waals surface area contributed by atoms with Crippen molar-refractivity contribution in [1.82, 2.24) is 4.90 Å². The lowest BCUT2D eigenvalue weighted by Gasteiger charge is -2.30. The van der Waals surface area contributed by atoms with Gasteiger partial charge in [0.2, 0.25) is 6.10 Å². The lowest BCUT2D eigenvalue weighted by atomic mass is 10.2. The Morgan fingerprint density at radius 1 is 0.923 bits per heavy atom. The molecule has 5 heteroatoms. The van der Waals surface area contributed by atoms with Crippen molar-refractivity contribution >= 4 is 5.91 Å². The van der Waals surface area contributed by atoms with E-state index in [9.17, 15) is 4.79 Å². The average molecular weight is 349 g/mol. The number of carbonyl (C=O) groups is 1. The molecule has 132 valence electrons. The molecule has 1 aliphatic rings. The van der Waals surface area contributed by atoms with Gasteiger partial charge >= 0.3 is 0 Å². The molecule has 0 saturated heterocycles. The van der Waals surface area contributed by atoms with Crippen LogP contribution in [0.3, 0.4) is 0 Å². The van der Waals surface area contributed by atoms with Gasteiger partial charge in [-0.05, 0) is 29.8 Å². The Kier molecular flexibility index (Phi) is 4.60. The minimum Gasteiger partial charge on any atom is -0.485 e. The van der Waals surface area contributed by atoms with Gasteiger partial charge < -0.3 is 18.8 Å². The van der Waals surface area contributed by atoms with Crippen molar-refractivity contribution in [3.05, 3.63) is 84.3 Å². The fraction of sp³-hybridized carbons (Fsp3) is 0.190. The maximum Gasteiger partial charge on any atom is 0.267 e. The molecule has 0 aliphatic carbocycles. The Balaban J connectivity index is 1.54. The van der Waals surface area contributed by atoms with Crippen LogP contribution in [0.4, 0.5) is 0 Å². The molecule has 2 aromatic carbocycles. The van der Waals surface area contributed by atoms with E-state index < -0.39 is 6.10 Å². The molecule has 0 unspecified atom stereocenters. The third-order valence-electron chi connectivity index (χ3n) is 4.24. The molecule has 1 aromatic heterocycles. The van der Waals surface area contributed by atoms with Gasteiger partial charge in [-0.25, -0.2) is 0 Å². The van der Waals surface area contributed by atoms with E-state index in [1.807, 2.05) is 66.7 Å². The molecule has 4 rings (SSSR count). The second-order valence-corrected chi connectivity index (χ2v) is 6.12. The van der Waals surface area contributed by atoms with E-state index in [4.69, 9.17) is 13.9 Å². The van der Waals surface area contributed by atoms with Gasteiger partial charge in [0.15, 0.2) is 11.5 Å². The summed E-state index contributed by atoms with van der Waals surface area (Å²) in [6.07, 6.45) is 0.931. The van der Waals surface area contributed by atoms with Crippen molar-refractivity contribution in [2.24, 2.45) is 0 Å². The van der Waals surface area contributed by atoms with Gasteiger partial charge in [0.05, 0.1) is 12.8 Å². The van der Waals surface area contributed by atoms with E-state index in [-0.39, 0.29) is 12.5 Å². The molecule has 1 atom stereocenters. The number of para-hydroxylation sites is 2. The number of ether oxygens (including phenoxy) is 2. The fourth-order valence-electron chi connectivity index (χ4n) is 2.95. The molecular formula is C21H19NO4. The molecule has 2 heterocycles. The fourth-order valence-corrected chi connectivity index (χ4v) is 2.95. The summed E-state index contributed by atoms with van der Waals surface area (Å²) in [7, 11) is 0. The monoisotopic (exact) mass is 349 g/mol. The van der Waals surface area contributed by atoms with Crippen LogP contribution in [0.25, 0.3) is 0 Å². The minimum absolute atomic E-state index is 0.125. The van der Waals surface area contributed by atoms with Gasteiger partial charge in [-0.15, -0.1) is 0 Å². The topological polar surface area (TPSA) is 51.9 Å². The summed E-state index contributed by atoms with van der Waals surface area (Å²) in [5.74, 6) is 1.86. The number of furan rings is 1. The number of rotatable bonds is 5. The number of benzene rings is 2. The van der Waals surface area contributed by atoms with E-state index in [1.54, 1.807) is 11.2 Å². The molecule has 5 nitrogen and oxygen atoms in total. The molecule has 0 fully saturated rings. The third kappa shape index (κ3) is 3.57. The number of carbonyl (C=O) groups excluding carboxylic acids is 1. The van der Waals surface area contributed by atoms with E-state index in [0.29, 0.717) is 24.6 Å². The second-order valence-electron chi connectivity index (χ2n) is 6.12. The minimum atomic E-state index is -0.677. The van der Waals surface area contributed by atoms with Gasteiger partial charge in [0, 0.05) is 6.54 Å². The highest BCUT2D eigenvalue weighted by Crippen LogP contribution is 2.31. The van der Waals surface area contributed by atoms with Crippen LogP contribution in [0, 0.1) is 0 Å². The first kappa shape index (κ1) is 16.3. The van der Waals surface area contributed by atoms with Crippen LogP contribution in [0.1, 0.15) is 11.3 Å².